The molecule has 23 heavy (non-hydrogen) atoms. The van der Waals surface area contributed by atoms with Crippen LogP contribution in [0.15, 0.2) is 54.7 Å². The summed E-state index contributed by atoms with van der Waals surface area (Å²) < 4.78 is 10.3. The van der Waals surface area contributed by atoms with E-state index in [0.29, 0.717) is 5.82 Å². The van der Waals surface area contributed by atoms with Crippen LogP contribution in [0.4, 0.5) is 0 Å². The Morgan fingerprint density at radius 2 is 1.26 bits per heavy atom. The molecule has 0 radical (unpaired) electrons. The topological polar surface area (TPSA) is 57.1 Å². The van der Waals surface area contributed by atoms with Crippen LogP contribution >= 0.6 is 12.4 Å². The van der Waals surface area contributed by atoms with Crippen LogP contribution in [0.25, 0.3) is 22.6 Å². The van der Waals surface area contributed by atoms with Crippen LogP contribution < -0.4 is 9.47 Å². The van der Waals surface area contributed by atoms with Crippen molar-refractivity contribution in [1.29, 1.82) is 0 Å². The monoisotopic (exact) mass is 329 g/mol. The molecule has 0 atom stereocenters. The van der Waals surface area contributed by atoms with Gasteiger partial charge in [0.25, 0.3) is 0 Å². The third-order valence-electron chi connectivity index (χ3n) is 3.29. The Bertz CT molecular complexity index is 699. The summed E-state index contributed by atoms with van der Waals surface area (Å²) in [6.45, 7) is 0. The fraction of sp³-hybridized carbons (Fsp3) is 0.118. The molecule has 0 saturated heterocycles. The number of aromatic nitrogens is 3. The number of nitrogens with zero attached hydrogens (tertiary/aromatic N) is 3. The minimum Gasteiger partial charge on any atom is -0.497 e. The lowest BCUT2D eigenvalue weighted by molar-refractivity contribution is 0.415. The molecule has 0 spiro atoms. The van der Waals surface area contributed by atoms with Gasteiger partial charge in [0.1, 0.15) is 11.5 Å². The summed E-state index contributed by atoms with van der Waals surface area (Å²) in [6.07, 6.45) is 1.65. The van der Waals surface area contributed by atoms with E-state index in [-0.39, 0.29) is 12.4 Å². The quantitative estimate of drug-likeness (QED) is 0.731. The van der Waals surface area contributed by atoms with Gasteiger partial charge in [0.2, 0.25) is 0 Å². The molecule has 0 bridgehead atoms. The first kappa shape index (κ1) is 16.7. The van der Waals surface area contributed by atoms with Crippen molar-refractivity contribution in [3.05, 3.63) is 54.7 Å². The molecule has 0 aliphatic carbocycles. The zero-order valence-electron chi connectivity index (χ0n) is 12.8. The second-order valence-corrected chi connectivity index (χ2v) is 4.62. The van der Waals surface area contributed by atoms with E-state index in [1.807, 2.05) is 48.5 Å². The van der Waals surface area contributed by atoms with Gasteiger partial charge in [-0.1, -0.05) is 0 Å². The highest BCUT2D eigenvalue weighted by Gasteiger charge is 2.06. The Morgan fingerprint density at radius 1 is 0.739 bits per heavy atom. The molecule has 0 unspecified atom stereocenters. The summed E-state index contributed by atoms with van der Waals surface area (Å²) in [4.78, 5) is 4.57. The van der Waals surface area contributed by atoms with Crippen LogP contribution in [0.5, 0.6) is 11.5 Å². The molecule has 5 nitrogen and oxygen atoms in total. The molecule has 3 rings (SSSR count). The summed E-state index contributed by atoms with van der Waals surface area (Å²) >= 11 is 0. The number of hydrogen-bond donors (Lipinski definition) is 0. The van der Waals surface area contributed by atoms with Crippen molar-refractivity contribution in [3.8, 4) is 34.1 Å². The molecule has 0 N–H and O–H groups in total. The first-order chi connectivity index (χ1) is 10.8. The summed E-state index contributed by atoms with van der Waals surface area (Å²) in [5, 5.41) is 8.15. The fourth-order valence-electron chi connectivity index (χ4n) is 2.07. The summed E-state index contributed by atoms with van der Waals surface area (Å²) in [5.74, 6) is 2.18. The number of ether oxygens (including phenoxy) is 2. The van der Waals surface area contributed by atoms with Gasteiger partial charge in [-0.25, -0.2) is 4.98 Å². The lowest BCUT2D eigenvalue weighted by Gasteiger charge is -2.05. The highest BCUT2D eigenvalue weighted by Crippen LogP contribution is 2.23. The second kappa shape index (κ2) is 7.56. The number of hydrogen-bond acceptors (Lipinski definition) is 5. The first-order valence-electron chi connectivity index (χ1n) is 6.79. The van der Waals surface area contributed by atoms with E-state index in [1.165, 1.54) is 0 Å². The van der Waals surface area contributed by atoms with Crippen molar-refractivity contribution in [2.24, 2.45) is 0 Å². The summed E-state index contributed by atoms with van der Waals surface area (Å²) in [5.41, 5.74) is 2.62. The normalized spacial score (nSPS) is 9.83. The van der Waals surface area contributed by atoms with Gasteiger partial charge in [-0.2, -0.15) is 5.10 Å². The van der Waals surface area contributed by atoms with Gasteiger partial charge in [0.05, 0.1) is 26.1 Å². The van der Waals surface area contributed by atoms with Gasteiger partial charge in [0.15, 0.2) is 5.82 Å². The van der Waals surface area contributed by atoms with Crippen molar-refractivity contribution >= 4 is 12.4 Å². The van der Waals surface area contributed by atoms with Crippen LogP contribution in [-0.4, -0.2) is 29.4 Å². The number of halogens is 1. The Hall–Kier alpha value is -2.66. The van der Waals surface area contributed by atoms with Gasteiger partial charge in [0, 0.05) is 11.1 Å². The van der Waals surface area contributed by atoms with Crippen molar-refractivity contribution in [2.45, 2.75) is 0 Å². The van der Waals surface area contributed by atoms with Gasteiger partial charge >= 0.3 is 0 Å². The Balaban J connectivity index is 0.00000192. The van der Waals surface area contributed by atoms with Crippen LogP contribution in [-0.2, 0) is 0 Å². The molecular formula is C17H16ClN3O2. The van der Waals surface area contributed by atoms with Crippen molar-refractivity contribution in [2.75, 3.05) is 14.2 Å². The molecule has 1 aromatic heterocycles. The molecule has 118 valence electrons. The Morgan fingerprint density at radius 3 is 1.78 bits per heavy atom. The van der Waals surface area contributed by atoms with Gasteiger partial charge in [-0.15, -0.1) is 17.5 Å². The average Bonchev–Trinajstić information content (AvgIpc) is 2.62. The molecule has 1 heterocycles. The van der Waals surface area contributed by atoms with E-state index >= 15 is 0 Å². The predicted molar refractivity (Wildman–Crippen MR) is 91.1 cm³/mol. The van der Waals surface area contributed by atoms with Gasteiger partial charge in [-0.3, -0.25) is 0 Å². The van der Waals surface area contributed by atoms with E-state index in [9.17, 15) is 0 Å². The number of rotatable bonds is 4. The zero-order chi connectivity index (χ0) is 15.4. The maximum atomic E-state index is 5.16. The number of benzene rings is 2. The summed E-state index contributed by atoms with van der Waals surface area (Å²) in [6, 6.07) is 15.2. The first-order valence-corrected chi connectivity index (χ1v) is 6.79. The zero-order valence-corrected chi connectivity index (χ0v) is 13.6. The molecule has 0 amide bonds. The maximum Gasteiger partial charge on any atom is 0.182 e. The van der Waals surface area contributed by atoms with Crippen LogP contribution in [0.2, 0.25) is 0 Å². The highest BCUT2D eigenvalue weighted by molar-refractivity contribution is 5.85. The number of methoxy groups -OCH3 is 2. The lowest BCUT2D eigenvalue weighted by Crippen LogP contribution is -1.95. The molecule has 6 heteroatoms. The van der Waals surface area contributed by atoms with Crippen LogP contribution in [0.1, 0.15) is 0 Å². The minimum absolute atomic E-state index is 0. The lowest BCUT2D eigenvalue weighted by atomic mass is 10.1. The molecule has 0 saturated carbocycles. The van der Waals surface area contributed by atoms with Gasteiger partial charge in [-0.05, 0) is 48.5 Å². The van der Waals surface area contributed by atoms with Crippen LogP contribution in [0.3, 0.4) is 0 Å². The van der Waals surface area contributed by atoms with Crippen molar-refractivity contribution < 1.29 is 9.47 Å². The molecular weight excluding hydrogens is 314 g/mol. The molecule has 0 aliphatic rings. The third-order valence-corrected chi connectivity index (χ3v) is 3.29. The smallest absolute Gasteiger partial charge is 0.182 e. The standard InChI is InChI=1S/C17H15N3O2.ClH/c1-21-14-7-3-12(4-8-14)16-11-18-20-17(19-16)13-5-9-15(22-2)10-6-13;/h3-11H,1-2H3;1H. The second-order valence-electron chi connectivity index (χ2n) is 4.62. The van der Waals surface area contributed by atoms with E-state index < -0.39 is 0 Å². The highest BCUT2D eigenvalue weighted by atomic mass is 35.5. The van der Waals surface area contributed by atoms with E-state index in [4.69, 9.17) is 9.47 Å². The van der Waals surface area contributed by atoms with Gasteiger partial charge < -0.3 is 9.47 Å². The maximum absolute atomic E-state index is 5.16. The predicted octanol–water partition coefficient (Wildman–Crippen LogP) is 3.64. The molecule has 0 fully saturated rings. The fourth-order valence-corrected chi connectivity index (χ4v) is 2.07. The molecule has 3 aromatic rings. The average molecular weight is 330 g/mol. The third kappa shape index (κ3) is 3.76. The van der Waals surface area contributed by atoms with E-state index in [1.54, 1.807) is 20.4 Å². The Labute approximate surface area is 140 Å². The largest absolute Gasteiger partial charge is 0.497 e. The van der Waals surface area contributed by atoms with Crippen molar-refractivity contribution in [1.82, 2.24) is 15.2 Å². The van der Waals surface area contributed by atoms with Crippen LogP contribution in [0, 0.1) is 0 Å². The Kier molecular flexibility index (Phi) is 5.49. The molecule has 0 aliphatic heterocycles. The minimum atomic E-state index is 0. The molecule has 2 aromatic carbocycles. The van der Waals surface area contributed by atoms with E-state index in [0.717, 1.165) is 28.3 Å². The van der Waals surface area contributed by atoms with Crippen molar-refractivity contribution in [3.63, 3.8) is 0 Å². The SMILES string of the molecule is COc1ccc(-c2cnnc(-c3ccc(OC)cc3)n2)cc1.Cl. The summed E-state index contributed by atoms with van der Waals surface area (Å²) in [7, 11) is 3.28. The van der Waals surface area contributed by atoms with E-state index in [2.05, 4.69) is 15.2 Å².